The minimum absolute atomic E-state index is 0.237. The highest BCUT2D eigenvalue weighted by Crippen LogP contribution is 2.52. The predicted octanol–water partition coefficient (Wildman–Crippen LogP) is 10.5. The van der Waals surface area contributed by atoms with Gasteiger partial charge in [-0.2, -0.15) is 0 Å². The molecule has 6 aromatic rings. The molecule has 238 valence electrons. The molecule has 0 unspecified atom stereocenters. The van der Waals surface area contributed by atoms with Gasteiger partial charge in [0.05, 0.1) is 5.52 Å². The summed E-state index contributed by atoms with van der Waals surface area (Å²) in [6.07, 6.45) is 18.6. The first-order valence-corrected chi connectivity index (χ1v) is 18.1. The van der Waals surface area contributed by atoms with Gasteiger partial charge in [-0.05, 0) is 113 Å². The number of dihydropyridines is 1. The molecule has 2 nitrogen and oxygen atoms in total. The Morgan fingerprint density at radius 1 is 0.633 bits per heavy atom. The van der Waals surface area contributed by atoms with Crippen LogP contribution in [0.15, 0.2) is 127 Å². The molecule has 0 radical (unpaired) electrons. The molecule has 1 aliphatic heterocycles. The molecule has 4 aliphatic rings. The highest BCUT2D eigenvalue weighted by Gasteiger charge is 2.44. The van der Waals surface area contributed by atoms with E-state index in [4.69, 9.17) is 0 Å². The molecule has 0 saturated carbocycles. The third-order valence-electron chi connectivity index (χ3n) is 11.8. The number of H-pyrrole nitrogens is 1. The van der Waals surface area contributed by atoms with E-state index in [1.807, 2.05) is 0 Å². The lowest BCUT2D eigenvalue weighted by molar-refractivity contribution is 0.530. The van der Waals surface area contributed by atoms with Crippen LogP contribution in [0, 0.1) is 0 Å². The van der Waals surface area contributed by atoms with E-state index in [9.17, 15) is 0 Å². The zero-order valence-electron chi connectivity index (χ0n) is 27.9. The maximum atomic E-state index is 3.92. The summed E-state index contributed by atoms with van der Waals surface area (Å²) in [5.74, 6) is 0. The van der Waals surface area contributed by atoms with Gasteiger partial charge in [0.1, 0.15) is 0 Å². The van der Waals surface area contributed by atoms with Crippen molar-refractivity contribution in [1.82, 2.24) is 10.3 Å². The van der Waals surface area contributed by atoms with Crippen LogP contribution in [0.1, 0.15) is 80.6 Å². The standard InChI is InChI=1S/C47H40N2/c1-2-15-38-40-18-11-17-39(46(40)49-45(38)22-3-1)37-16-10-14-31-28-32-12-4-6-19-41(32)47(26-25-36(31)37)42-20-7-5-13-33(42)29-35-30-34(23-24-43(35)47)44-21-8-9-27-48-44/h2,4-21,23-24,30,48-49H,1,3,22,25-29H2/t47-/m0/s1. The van der Waals surface area contributed by atoms with Crippen molar-refractivity contribution >= 4 is 22.7 Å². The zero-order valence-corrected chi connectivity index (χ0v) is 27.9. The smallest absolute Gasteiger partial charge is 0.0542 e. The number of benzene rings is 5. The topological polar surface area (TPSA) is 27.8 Å². The van der Waals surface area contributed by atoms with Gasteiger partial charge in [-0.15, -0.1) is 0 Å². The van der Waals surface area contributed by atoms with Crippen LogP contribution >= 0.6 is 0 Å². The molecule has 1 spiro atoms. The zero-order chi connectivity index (χ0) is 32.4. The number of allylic oxidation sites excluding steroid dienone is 3. The maximum Gasteiger partial charge on any atom is 0.0542 e. The largest absolute Gasteiger partial charge is 0.381 e. The third kappa shape index (κ3) is 4.47. The van der Waals surface area contributed by atoms with Crippen LogP contribution in [0.2, 0.25) is 0 Å². The molecule has 10 rings (SSSR count). The first kappa shape index (κ1) is 28.7. The molecule has 2 N–H and O–H groups in total. The van der Waals surface area contributed by atoms with E-state index in [0.29, 0.717) is 0 Å². The van der Waals surface area contributed by atoms with Crippen LogP contribution in [-0.4, -0.2) is 11.5 Å². The molecule has 0 amide bonds. The van der Waals surface area contributed by atoms with Gasteiger partial charge in [-0.1, -0.05) is 121 Å². The fourth-order valence-corrected chi connectivity index (χ4v) is 9.58. The lowest BCUT2D eigenvalue weighted by Crippen LogP contribution is -2.37. The molecular weight excluding hydrogens is 593 g/mol. The van der Waals surface area contributed by atoms with Gasteiger partial charge >= 0.3 is 0 Å². The quantitative estimate of drug-likeness (QED) is 0.195. The van der Waals surface area contributed by atoms with Gasteiger partial charge in [0.15, 0.2) is 0 Å². The number of aryl methyl sites for hydroxylation is 1. The summed E-state index contributed by atoms with van der Waals surface area (Å²) < 4.78 is 0. The Morgan fingerprint density at radius 2 is 1.39 bits per heavy atom. The Labute approximate surface area is 288 Å². The van der Waals surface area contributed by atoms with Crippen LogP contribution in [-0.2, 0) is 31.1 Å². The summed E-state index contributed by atoms with van der Waals surface area (Å²) in [5, 5.41) is 4.95. The second-order valence-corrected chi connectivity index (χ2v) is 14.3. The minimum atomic E-state index is -0.237. The lowest BCUT2D eigenvalue weighted by Gasteiger charge is -2.44. The summed E-state index contributed by atoms with van der Waals surface area (Å²) in [5.41, 5.74) is 20.7. The molecule has 0 bridgehead atoms. The Balaban J connectivity index is 1.18. The van der Waals surface area contributed by atoms with E-state index in [2.05, 4.69) is 144 Å². The van der Waals surface area contributed by atoms with Crippen LogP contribution in [0.4, 0.5) is 0 Å². The Kier molecular flexibility index (Phi) is 6.65. The van der Waals surface area contributed by atoms with E-state index in [1.54, 1.807) is 0 Å². The number of fused-ring (bicyclic) bond motifs is 10. The van der Waals surface area contributed by atoms with Crippen LogP contribution in [0.3, 0.4) is 0 Å². The van der Waals surface area contributed by atoms with E-state index >= 15 is 0 Å². The number of hydrogen-bond donors (Lipinski definition) is 2. The second kappa shape index (κ2) is 11.4. The van der Waals surface area contributed by atoms with Gasteiger partial charge in [0.25, 0.3) is 0 Å². The predicted molar refractivity (Wildman–Crippen MR) is 204 cm³/mol. The van der Waals surface area contributed by atoms with Crippen molar-refractivity contribution in [2.75, 3.05) is 6.54 Å². The number of hydrogen-bond acceptors (Lipinski definition) is 1. The fourth-order valence-electron chi connectivity index (χ4n) is 9.58. The SMILES string of the molecule is C1=CCNC(c2ccc3c(c2)Cc2ccccc2[C@@]32CCc3c(cccc3-c3cccc4c5c([nH]c34)CCCC=C5)Cc3ccccc32)=C1. The second-order valence-electron chi connectivity index (χ2n) is 14.3. The Bertz CT molecular complexity index is 2380. The fraction of sp³-hybridized carbons (Fsp3) is 0.191. The summed E-state index contributed by atoms with van der Waals surface area (Å²) in [4.78, 5) is 3.92. The van der Waals surface area contributed by atoms with Crippen molar-refractivity contribution < 1.29 is 0 Å². The Hall–Kier alpha value is -5.34. The molecule has 3 aliphatic carbocycles. The lowest BCUT2D eigenvalue weighted by atomic mass is 9.58. The molecular formula is C47H40N2. The maximum absolute atomic E-state index is 3.92. The number of para-hydroxylation sites is 1. The summed E-state index contributed by atoms with van der Waals surface area (Å²) in [6.45, 7) is 0.875. The van der Waals surface area contributed by atoms with Crippen molar-refractivity contribution in [2.24, 2.45) is 0 Å². The average Bonchev–Trinajstić information content (AvgIpc) is 3.33. The molecule has 1 aromatic heterocycles. The van der Waals surface area contributed by atoms with Crippen molar-refractivity contribution in [2.45, 2.75) is 50.4 Å². The van der Waals surface area contributed by atoms with Crippen LogP contribution in [0.5, 0.6) is 0 Å². The third-order valence-corrected chi connectivity index (χ3v) is 11.8. The van der Waals surface area contributed by atoms with Gasteiger partial charge in [-0.3, -0.25) is 0 Å². The highest BCUT2D eigenvalue weighted by molar-refractivity contribution is 6.00. The Morgan fingerprint density at radius 3 is 2.22 bits per heavy atom. The van der Waals surface area contributed by atoms with Gasteiger partial charge in [0, 0.05) is 39.9 Å². The highest BCUT2D eigenvalue weighted by atomic mass is 14.9. The van der Waals surface area contributed by atoms with Crippen molar-refractivity contribution in [1.29, 1.82) is 0 Å². The monoisotopic (exact) mass is 632 g/mol. The molecule has 2 heteroatoms. The van der Waals surface area contributed by atoms with E-state index in [1.165, 1.54) is 95.5 Å². The number of aromatic amines is 1. The number of nitrogens with one attached hydrogen (secondary N) is 2. The van der Waals surface area contributed by atoms with E-state index < -0.39 is 0 Å². The molecule has 49 heavy (non-hydrogen) atoms. The van der Waals surface area contributed by atoms with E-state index in [0.717, 1.165) is 45.1 Å². The number of aromatic nitrogens is 1. The average molecular weight is 633 g/mol. The normalized spacial score (nSPS) is 19.0. The van der Waals surface area contributed by atoms with Crippen molar-refractivity contribution in [3.8, 4) is 11.1 Å². The van der Waals surface area contributed by atoms with Crippen LogP contribution in [0.25, 0.3) is 33.8 Å². The summed E-state index contributed by atoms with van der Waals surface area (Å²) in [6, 6.07) is 39.9. The minimum Gasteiger partial charge on any atom is -0.381 e. The number of rotatable bonds is 2. The van der Waals surface area contributed by atoms with Crippen LogP contribution < -0.4 is 5.32 Å². The van der Waals surface area contributed by atoms with Gasteiger partial charge in [-0.25, -0.2) is 0 Å². The first-order valence-electron chi connectivity index (χ1n) is 18.1. The molecule has 0 fully saturated rings. The summed E-state index contributed by atoms with van der Waals surface area (Å²) in [7, 11) is 0. The molecule has 1 atom stereocenters. The first-order chi connectivity index (χ1) is 24.3. The van der Waals surface area contributed by atoms with E-state index in [-0.39, 0.29) is 5.41 Å². The van der Waals surface area contributed by atoms with Gasteiger partial charge < -0.3 is 10.3 Å². The van der Waals surface area contributed by atoms with Gasteiger partial charge in [0.2, 0.25) is 0 Å². The molecule has 5 aromatic carbocycles. The van der Waals surface area contributed by atoms with Crippen molar-refractivity contribution in [3.05, 3.63) is 189 Å². The molecule has 0 saturated heterocycles. The molecule has 2 heterocycles. The summed E-state index contributed by atoms with van der Waals surface area (Å²) >= 11 is 0. The van der Waals surface area contributed by atoms with Crippen molar-refractivity contribution in [3.63, 3.8) is 0 Å².